The van der Waals surface area contributed by atoms with E-state index in [-0.39, 0.29) is 0 Å². The van der Waals surface area contributed by atoms with Crippen molar-refractivity contribution in [1.29, 1.82) is 5.26 Å². The number of nitrogens with zero attached hydrogens (tertiary/aromatic N) is 1. The zero-order chi connectivity index (χ0) is 12.0. The van der Waals surface area contributed by atoms with E-state index < -0.39 is 0 Å². The number of halogens is 1. The number of benzene rings is 1. The van der Waals surface area contributed by atoms with Crippen LogP contribution in [0.3, 0.4) is 0 Å². The van der Waals surface area contributed by atoms with Crippen LogP contribution in [-0.4, -0.2) is 6.54 Å². The van der Waals surface area contributed by atoms with E-state index in [2.05, 4.69) is 25.2 Å². The van der Waals surface area contributed by atoms with Gasteiger partial charge in [0, 0.05) is 6.54 Å². The van der Waals surface area contributed by atoms with Crippen LogP contribution in [0.25, 0.3) is 0 Å². The van der Waals surface area contributed by atoms with Gasteiger partial charge in [0.2, 0.25) is 0 Å². The first kappa shape index (κ1) is 12.9. The zero-order valence-corrected chi connectivity index (χ0v) is 10.5. The molecule has 0 aliphatic rings. The van der Waals surface area contributed by atoms with E-state index in [1.54, 1.807) is 12.1 Å². The minimum absolute atomic E-state index is 0.595. The molecule has 0 radical (unpaired) electrons. The van der Waals surface area contributed by atoms with Crippen molar-refractivity contribution in [2.24, 2.45) is 5.92 Å². The molecule has 1 aromatic carbocycles. The van der Waals surface area contributed by atoms with Gasteiger partial charge in [-0.3, -0.25) is 0 Å². The number of hydrogen-bond acceptors (Lipinski definition) is 2. The fraction of sp³-hybridized carbons (Fsp3) is 0.462. The summed E-state index contributed by atoms with van der Waals surface area (Å²) in [5.74, 6) is 0.636. The number of nitrogens with one attached hydrogen (secondary N) is 1. The van der Waals surface area contributed by atoms with Gasteiger partial charge in [-0.05, 0) is 30.5 Å². The minimum atomic E-state index is 0.595. The molecular weight excluding hydrogens is 220 g/mol. The lowest BCUT2D eigenvalue weighted by molar-refractivity contribution is 0.551. The Balaban J connectivity index is 2.58. The summed E-state index contributed by atoms with van der Waals surface area (Å²) in [6.45, 7) is 5.32. The lowest BCUT2D eigenvalue weighted by Crippen LogP contribution is -2.11. The minimum Gasteiger partial charge on any atom is -0.384 e. The molecule has 1 rings (SSSR count). The Morgan fingerprint density at radius 2 is 2.25 bits per heavy atom. The molecule has 0 saturated carbocycles. The molecule has 1 unspecified atom stereocenters. The van der Waals surface area contributed by atoms with Crippen LogP contribution >= 0.6 is 11.6 Å². The normalized spacial score (nSPS) is 11.9. The summed E-state index contributed by atoms with van der Waals surface area (Å²) in [5.41, 5.74) is 1.50. The first-order chi connectivity index (χ1) is 7.67. The highest BCUT2D eigenvalue weighted by Gasteiger charge is 2.04. The second-order valence-electron chi connectivity index (χ2n) is 4.08. The Bertz CT molecular complexity index is 382. The monoisotopic (exact) mass is 236 g/mol. The fourth-order valence-corrected chi connectivity index (χ4v) is 1.85. The Morgan fingerprint density at radius 1 is 1.50 bits per heavy atom. The van der Waals surface area contributed by atoms with Gasteiger partial charge in [-0.15, -0.1) is 0 Å². The van der Waals surface area contributed by atoms with Crippen LogP contribution in [0.1, 0.15) is 32.3 Å². The van der Waals surface area contributed by atoms with E-state index in [0.717, 1.165) is 12.2 Å². The van der Waals surface area contributed by atoms with Gasteiger partial charge in [0.25, 0.3) is 0 Å². The number of nitriles is 1. The molecule has 2 nitrogen and oxygen atoms in total. The molecule has 0 aliphatic heterocycles. The van der Waals surface area contributed by atoms with Crippen LogP contribution in [0.15, 0.2) is 18.2 Å². The van der Waals surface area contributed by atoms with E-state index in [0.29, 0.717) is 16.5 Å². The largest absolute Gasteiger partial charge is 0.384 e. The molecule has 1 atom stereocenters. The lowest BCUT2D eigenvalue weighted by Gasteiger charge is -2.13. The van der Waals surface area contributed by atoms with Gasteiger partial charge in [-0.2, -0.15) is 5.26 Å². The van der Waals surface area contributed by atoms with E-state index in [1.165, 1.54) is 12.8 Å². The quantitative estimate of drug-likeness (QED) is 0.837. The summed E-state index contributed by atoms with van der Waals surface area (Å²) in [5, 5.41) is 12.6. The molecule has 0 amide bonds. The molecule has 16 heavy (non-hydrogen) atoms. The Labute approximate surface area is 102 Å². The van der Waals surface area contributed by atoms with Gasteiger partial charge in [-0.1, -0.05) is 31.9 Å². The van der Waals surface area contributed by atoms with Crippen LogP contribution < -0.4 is 5.32 Å². The fourth-order valence-electron chi connectivity index (χ4n) is 1.61. The predicted octanol–water partition coefficient (Wildman–Crippen LogP) is 4.06. The van der Waals surface area contributed by atoms with Crippen molar-refractivity contribution in [1.82, 2.24) is 0 Å². The van der Waals surface area contributed by atoms with Crippen molar-refractivity contribution in [3.05, 3.63) is 28.8 Å². The molecule has 1 aromatic rings. The van der Waals surface area contributed by atoms with Crippen LogP contribution in [0.2, 0.25) is 5.02 Å². The summed E-state index contributed by atoms with van der Waals surface area (Å²) in [7, 11) is 0. The molecule has 3 heteroatoms. The van der Waals surface area contributed by atoms with E-state index in [4.69, 9.17) is 16.9 Å². The first-order valence-electron chi connectivity index (χ1n) is 5.61. The molecular formula is C13H17ClN2. The molecule has 0 aliphatic carbocycles. The molecule has 0 saturated heterocycles. The Hall–Kier alpha value is -1.20. The maximum atomic E-state index is 8.71. The van der Waals surface area contributed by atoms with Gasteiger partial charge in [0.15, 0.2) is 0 Å². The van der Waals surface area contributed by atoms with Gasteiger partial charge in [-0.25, -0.2) is 0 Å². The van der Waals surface area contributed by atoms with Crippen molar-refractivity contribution >= 4 is 17.3 Å². The third-order valence-corrected chi connectivity index (χ3v) is 2.83. The standard InChI is InChI=1S/C13H17ClN2/c1-3-4-10(2)9-16-13-6-5-11(8-15)7-12(13)14/h5-7,10,16H,3-4,9H2,1-2H3. The van der Waals surface area contributed by atoms with Crippen LogP contribution in [0, 0.1) is 17.2 Å². The Kier molecular flexibility index (Phi) is 5.14. The number of rotatable bonds is 5. The summed E-state index contributed by atoms with van der Waals surface area (Å²) in [4.78, 5) is 0. The smallest absolute Gasteiger partial charge is 0.0992 e. The van der Waals surface area contributed by atoms with Gasteiger partial charge >= 0.3 is 0 Å². The summed E-state index contributed by atoms with van der Waals surface area (Å²) >= 11 is 6.06. The predicted molar refractivity (Wildman–Crippen MR) is 68.7 cm³/mol. The van der Waals surface area contributed by atoms with Crippen LogP contribution in [-0.2, 0) is 0 Å². The highest BCUT2D eigenvalue weighted by Crippen LogP contribution is 2.23. The van der Waals surface area contributed by atoms with Crippen LogP contribution in [0.4, 0.5) is 5.69 Å². The van der Waals surface area contributed by atoms with Gasteiger partial charge < -0.3 is 5.32 Å². The van der Waals surface area contributed by atoms with Crippen LogP contribution in [0.5, 0.6) is 0 Å². The van der Waals surface area contributed by atoms with Crippen molar-refractivity contribution in [3.63, 3.8) is 0 Å². The lowest BCUT2D eigenvalue weighted by atomic mass is 10.1. The molecule has 0 heterocycles. The second-order valence-corrected chi connectivity index (χ2v) is 4.49. The van der Waals surface area contributed by atoms with Crippen molar-refractivity contribution < 1.29 is 0 Å². The summed E-state index contributed by atoms with van der Waals surface area (Å²) < 4.78 is 0. The molecule has 1 N–H and O–H groups in total. The molecule has 0 bridgehead atoms. The number of anilines is 1. The zero-order valence-electron chi connectivity index (χ0n) is 9.76. The summed E-state index contributed by atoms with van der Waals surface area (Å²) in [6.07, 6.45) is 2.41. The molecule has 0 aromatic heterocycles. The highest BCUT2D eigenvalue weighted by molar-refractivity contribution is 6.33. The SMILES string of the molecule is CCCC(C)CNc1ccc(C#N)cc1Cl. The van der Waals surface area contributed by atoms with Crippen molar-refractivity contribution in [2.75, 3.05) is 11.9 Å². The Morgan fingerprint density at radius 3 is 2.81 bits per heavy atom. The average Bonchev–Trinajstić information content (AvgIpc) is 2.27. The van der Waals surface area contributed by atoms with Gasteiger partial charge in [0.05, 0.1) is 22.3 Å². The first-order valence-corrected chi connectivity index (χ1v) is 5.98. The molecule has 86 valence electrons. The third-order valence-electron chi connectivity index (χ3n) is 2.52. The molecule has 0 spiro atoms. The van der Waals surface area contributed by atoms with Gasteiger partial charge in [0.1, 0.15) is 0 Å². The van der Waals surface area contributed by atoms with E-state index in [9.17, 15) is 0 Å². The molecule has 0 fully saturated rings. The summed E-state index contributed by atoms with van der Waals surface area (Å²) in [6, 6.07) is 7.39. The topological polar surface area (TPSA) is 35.8 Å². The number of hydrogen-bond donors (Lipinski definition) is 1. The average molecular weight is 237 g/mol. The van der Waals surface area contributed by atoms with E-state index in [1.807, 2.05) is 6.07 Å². The van der Waals surface area contributed by atoms with Crippen molar-refractivity contribution in [2.45, 2.75) is 26.7 Å². The third kappa shape index (κ3) is 3.75. The maximum absolute atomic E-state index is 8.71. The highest BCUT2D eigenvalue weighted by atomic mass is 35.5. The van der Waals surface area contributed by atoms with Crippen molar-refractivity contribution in [3.8, 4) is 6.07 Å². The maximum Gasteiger partial charge on any atom is 0.0992 e. The second kappa shape index (κ2) is 6.40. The van der Waals surface area contributed by atoms with E-state index >= 15 is 0 Å².